The molecule has 3 heteroatoms. The van der Waals surface area contributed by atoms with Crippen LogP contribution in [0.3, 0.4) is 0 Å². The third kappa shape index (κ3) is 7.93. The molecule has 1 unspecified atom stereocenters. The summed E-state index contributed by atoms with van der Waals surface area (Å²) in [6.45, 7) is 2.42. The van der Waals surface area contributed by atoms with Gasteiger partial charge in [-0.2, -0.15) is 0 Å². The number of hydrogen-bond acceptors (Lipinski definition) is 0. The van der Waals surface area contributed by atoms with Crippen LogP contribution in [0.5, 0.6) is 0 Å². The van der Waals surface area contributed by atoms with Crippen LogP contribution in [0.15, 0.2) is 121 Å². The van der Waals surface area contributed by atoms with E-state index in [0.29, 0.717) is 5.66 Å². The minimum atomic E-state index is -0.614. The number of benzene rings is 4. The Bertz CT molecular complexity index is 1110. The molecule has 2 fully saturated rings. The van der Waals surface area contributed by atoms with Gasteiger partial charge in [0.25, 0.3) is 0 Å². The predicted octanol–water partition coefficient (Wildman–Crippen LogP) is 7.39. The average molecular weight is 582 g/mol. The van der Waals surface area contributed by atoms with Gasteiger partial charge in [-0.1, -0.05) is 128 Å². The molecule has 2 aliphatic carbocycles. The van der Waals surface area contributed by atoms with E-state index in [1.807, 2.05) is 32.1 Å². The van der Waals surface area contributed by atoms with Gasteiger partial charge < -0.3 is 0 Å². The second-order valence-corrected chi connectivity index (χ2v) is 13.8. The van der Waals surface area contributed by atoms with Gasteiger partial charge in [0.05, 0.1) is 0 Å². The van der Waals surface area contributed by atoms with Crippen LogP contribution < -0.4 is 21.2 Å². The zero-order valence-corrected chi connectivity index (χ0v) is 24.9. The summed E-state index contributed by atoms with van der Waals surface area (Å²) in [6, 6.07) is 44.2. The average Bonchev–Trinajstić information content (AvgIpc) is 3.72. The Morgan fingerprint density at radius 2 is 0.795 bits per heavy atom. The van der Waals surface area contributed by atoms with Gasteiger partial charge in [-0.05, 0) is 100 Å². The maximum Gasteiger partial charge on any atom is 2.00 e. The van der Waals surface area contributed by atoms with Crippen molar-refractivity contribution in [1.82, 2.24) is 0 Å². The van der Waals surface area contributed by atoms with Crippen LogP contribution in [0.25, 0.3) is 0 Å². The third-order valence-electron chi connectivity index (χ3n) is 6.56. The largest absolute Gasteiger partial charge is 2.00 e. The zero-order chi connectivity index (χ0) is 26.0. The zero-order valence-electron chi connectivity index (χ0n) is 22.0. The van der Waals surface area contributed by atoms with Crippen LogP contribution in [0.2, 0.25) is 0 Å². The van der Waals surface area contributed by atoms with E-state index in [1.54, 1.807) is 0 Å². The molecule has 0 spiro atoms. The van der Waals surface area contributed by atoms with Gasteiger partial charge in [0.15, 0.2) is 0 Å². The Hall–Kier alpha value is -1.74. The fraction of sp³-hybridized carbons (Fsp3) is 0.0556. The van der Waals surface area contributed by atoms with E-state index in [1.165, 1.54) is 32.8 Å². The first-order valence-electron chi connectivity index (χ1n) is 13.0. The molecule has 0 heterocycles. The number of hydrogen-bond donors (Lipinski definition) is 0. The first kappa shape index (κ1) is 30.2. The van der Waals surface area contributed by atoms with Crippen molar-refractivity contribution in [3.05, 3.63) is 184 Å². The Morgan fingerprint density at radius 1 is 0.436 bits per heavy atom. The van der Waals surface area contributed by atoms with Gasteiger partial charge in [0, 0.05) is 5.66 Å². The maximum absolute atomic E-state index is 2.42. The normalized spacial score (nSPS) is 16.5. The van der Waals surface area contributed by atoms with Crippen molar-refractivity contribution in [1.29, 1.82) is 0 Å². The monoisotopic (exact) mass is 582 g/mol. The van der Waals surface area contributed by atoms with E-state index in [4.69, 9.17) is 0 Å². The first-order valence-corrected chi connectivity index (χ1v) is 15.8. The quantitative estimate of drug-likeness (QED) is 0.158. The van der Waals surface area contributed by atoms with Crippen molar-refractivity contribution in [3.63, 3.8) is 0 Å². The molecule has 2 saturated carbocycles. The SMILES string of the molecule is CC([C]1[CH][CH][CH][C]1P(c1ccccc1)c1ccccc1)P(c1ccccc1)c1ccccc1.[CH]1[CH][CH][CH][CH]1.[Fe+2]. The summed E-state index contributed by atoms with van der Waals surface area (Å²) >= 11 is 0. The molecule has 4 aromatic carbocycles. The Morgan fingerprint density at radius 3 is 1.18 bits per heavy atom. The summed E-state index contributed by atoms with van der Waals surface area (Å²) in [7, 11) is -1.15. The van der Waals surface area contributed by atoms with E-state index in [2.05, 4.69) is 148 Å². The molecular weight excluding hydrogens is 550 g/mol. The van der Waals surface area contributed by atoms with E-state index in [0.717, 1.165) is 0 Å². The molecule has 0 N–H and O–H groups in total. The van der Waals surface area contributed by atoms with Crippen LogP contribution in [0.1, 0.15) is 6.92 Å². The van der Waals surface area contributed by atoms with Crippen LogP contribution >= 0.6 is 15.8 Å². The maximum atomic E-state index is 2.42. The van der Waals surface area contributed by atoms with Crippen LogP contribution in [0, 0.1) is 62.9 Å². The van der Waals surface area contributed by atoms with Crippen molar-refractivity contribution < 1.29 is 17.1 Å². The second-order valence-electron chi connectivity index (χ2n) is 9.05. The smallest absolute Gasteiger partial charge is 0.0622 e. The second kappa shape index (κ2) is 15.9. The Kier molecular flexibility index (Phi) is 12.3. The minimum Gasteiger partial charge on any atom is -0.0622 e. The Labute approximate surface area is 250 Å². The van der Waals surface area contributed by atoms with Crippen molar-refractivity contribution in [2.24, 2.45) is 0 Å². The van der Waals surface area contributed by atoms with Crippen molar-refractivity contribution in [2.75, 3.05) is 0 Å². The topological polar surface area (TPSA) is 0 Å². The molecule has 0 nitrogen and oxygen atoms in total. The van der Waals surface area contributed by atoms with E-state index < -0.39 is 15.8 Å². The van der Waals surface area contributed by atoms with Gasteiger partial charge in [0.2, 0.25) is 0 Å². The van der Waals surface area contributed by atoms with E-state index in [-0.39, 0.29) is 17.1 Å². The molecule has 0 aliphatic heterocycles. The summed E-state index contributed by atoms with van der Waals surface area (Å²) in [4.78, 5) is 0. The molecule has 39 heavy (non-hydrogen) atoms. The van der Waals surface area contributed by atoms with E-state index >= 15 is 0 Å². The molecule has 6 rings (SSSR count). The van der Waals surface area contributed by atoms with Gasteiger partial charge in [-0.3, -0.25) is 0 Å². The molecule has 1 atom stereocenters. The summed E-state index contributed by atoms with van der Waals surface area (Å²) in [5.41, 5.74) is 1.89. The molecule has 2 aliphatic rings. The van der Waals surface area contributed by atoms with Crippen molar-refractivity contribution >= 4 is 37.1 Å². The van der Waals surface area contributed by atoms with Crippen LogP contribution in [-0.4, -0.2) is 5.66 Å². The fourth-order valence-electron chi connectivity index (χ4n) is 4.80. The molecule has 192 valence electrons. The molecule has 0 aromatic heterocycles. The van der Waals surface area contributed by atoms with Gasteiger partial charge >= 0.3 is 17.1 Å². The molecule has 4 aromatic rings. The van der Waals surface area contributed by atoms with Gasteiger partial charge in [-0.25, -0.2) is 0 Å². The van der Waals surface area contributed by atoms with Crippen LogP contribution in [0.4, 0.5) is 0 Å². The predicted molar refractivity (Wildman–Crippen MR) is 168 cm³/mol. The summed E-state index contributed by atoms with van der Waals surface area (Å²) in [5.74, 6) is 1.48. The fourth-order valence-corrected chi connectivity index (χ4v) is 10.1. The van der Waals surface area contributed by atoms with Gasteiger partial charge in [0.1, 0.15) is 0 Å². The minimum absolute atomic E-state index is 0. The van der Waals surface area contributed by atoms with E-state index in [9.17, 15) is 0 Å². The standard InChI is InChI=1S/C31H27P2.C5H5.Fe/c1-25(32(26-15-6-2-7-16-26)27-17-8-3-9-18-27)30-23-14-24-31(30)33(28-19-10-4-11-20-28)29-21-12-5-13-22-29;1-2-4-5-3-1;/h2-25H,1H3;1-5H;/q;;+2. The summed E-state index contributed by atoms with van der Waals surface area (Å²) in [5, 5.41) is 5.67. The summed E-state index contributed by atoms with van der Waals surface area (Å²) in [6.07, 6.45) is 17.0. The first-order chi connectivity index (χ1) is 18.8. The number of rotatable bonds is 7. The summed E-state index contributed by atoms with van der Waals surface area (Å²) < 4.78 is 0. The molecule has 10 radical (unpaired) electrons. The van der Waals surface area contributed by atoms with Crippen molar-refractivity contribution in [3.8, 4) is 0 Å². The molecule has 0 bridgehead atoms. The van der Waals surface area contributed by atoms with Gasteiger partial charge in [-0.15, -0.1) is 0 Å². The molecular formula is C36H32FeP2+2. The van der Waals surface area contributed by atoms with Crippen molar-refractivity contribution in [2.45, 2.75) is 12.6 Å². The van der Waals surface area contributed by atoms with Crippen LogP contribution in [-0.2, 0) is 17.1 Å². The molecule has 0 saturated heterocycles. The molecule has 0 amide bonds. The third-order valence-corrected chi connectivity index (χ3v) is 11.8. The Balaban J connectivity index is 0.000000530.